The summed E-state index contributed by atoms with van der Waals surface area (Å²) in [6, 6.07) is 4.87. The molecule has 1 aromatic carbocycles. The number of allylic oxidation sites excluding steroid dienone is 3. The first-order chi connectivity index (χ1) is 26.7. The Morgan fingerprint density at radius 2 is 1.48 bits per heavy atom. The molecule has 56 heavy (non-hydrogen) atoms. The number of ether oxygens (including phenoxy) is 6. The molecular formula is C43H55F3O10. The Labute approximate surface area is 328 Å². The molecule has 0 N–H and O–H groups in total. The number of alkyl halides is 3. The van der Waals surface area contributed by atoms with Crippen molar-refractivity contribution in [2.45, 2.75) is 116 Å². The van der Waals surface area contributed by atoms with Crippen LogP contribution in [0, 0.1) is 41.9 Å². The fourth-order valence-electron chi connectivity index (χ4n) is 5.76. The minimum absolute atomic E-state index is 0.104. The predicted molar refractivity (Wildman–Crippen MR) is 203 cm³/mol. The number of terminal acetylenes is 2. The van der Waals surface area contributed by atoms with Crippen molar-refractivity contribution in [3.63, 3.8) is 0 Å². The van der Waals surface area contributed by atoms with Crippen LogP contribution in [0.1, 0.15) is 109 Å². The lowest BCUT2D eigenvalue weighted by Gasteiger charge is -2.28. The summed E-state index contributed by atoms with van der Waals surface area (Å²) in [5, 5.41) is 0. The Balaban J connectivity index is 1.68. The van der Waals surface area contributed by atoms with Crippen LogP contribution in [0.5, 0.6) is 5.75 Å². The maximum atomic E-state index is 12.9. The van der Waals surface area contributed by atoms with Gasteiger partial charge >= 0.3 is 30.2 Å². The van der Waals surface area contributed by atoms with E-state index in [0.29, 0.717) is 56.8 Å². The average molecular weight is 789 g/mol. The highest BCUT2D eigenvalue weighted by Crippen LogP contribution is 2.35. The Morgan fingerprint density at radius 1 is 0.839 bits per heavy atom. The van der Waals surface area contributed by atoms with E-state index in [9.17, 15) is 32.3 Å². The Kier molecular flexibility index (Phi) is 22.0. The average Bonchev–Trinajstić information content (AvgIpc) is 3.60. The van der Waals surface area contributed by atoms with Gasteiger partial charge in [0.1, 0.15) is 25.6 Å². The highest BCUT2D eigenvalue weighted by Gasteiger charge is 2.32. The summed E-state index contributed by atoms with van der Waals surface area (Å²) in [7, 11) is 0. The van der Waals surface area contributed by atoms with Crippen molar-refractivity contribution in [1.29, 1.82) is 0 Å². The number of carbonyl (C=O) groups is 4. The molecule has 1 unspecified atom stereocenters. The van der Waals surface area contributed by atoms with Crippen molar-refractivity contribution in [1.82, 2.24) is 0 Å². The zero-order valence-corrected chi connectivity index (χ0v) is 32.4. The molecule has 0 aromatic heterocycles. The third kappa shape index (κ3) is 20.7. The number of hydrogen-bond donors (Lipinski definition) is 0. The summed E-state index contributed by atoms with van der Waals surface area (Å²) in [4.78, 5) is 49.0. The van der Waals surface area contributed by atoms with Gasteiger partial charge in [-0.15, -0.1) is 24.7 Å². The first-order valence-electron chi connectivity index (χ1n) is 19.1. The third-order valence-corrected chi connectivity index (χ3v) is 8.84. The second kappa shape index (κ2) is 26.0. The highest BCUT2D eigenvalue weighted by atomic mass is 19.4. The summed E-state index contributed by atoms with van der Waals surface area (Å²) in [6.07, 6.45) is 20.1. The quantitative estimate of drug-likeness (QED) is 0.0237. The molecule has 10 nitrogen and oxygen atoms in total. The van der Waals surface area contributed by atoms with Crippen LogP contribution in [0.2, 0.25) is 0 Å². The molecule has 1 saturated carbocycles. The molecule has 0 amide bonds. The van der Waals surface area contributed by atoms with Crippen LogP contribution < -0.4 is 4.74 Å². The van der Waals surface area contributed by atoms with E-state index in [1.807, 2.05) is 12.2 Å². The van der Waals surface area contributed by atoms with Gasteiger partial charge in [-0.05, 0) is 88.3 Å². The summed E-state index contributed by atoms with van der Waals surface area (Å²) < 4.78 is 70.3. The van der Waals surface area contributed by atoms with Gasteiger partial charge in [-0.1, -0.05) is 36.8 Å². The first-order valence-corrected chi connectivity index (χ1v) is 19.1. The van der Waals surface area contributed by atoms with Crippen molar-refractivity contribution >= 4 is 24.1 Å². The summed E-state index contributed by atoms with van der Waals surface area (Å²) in [6.45, 7) is 2.53. The molecule has 1 aliphatic rings. The van der Waals surface area contributed by atoms with Crippen LogP contribution in [0.3, 0.4) is 0 Å². The molecule has 0 heterocycles. The molecule has 0 radical (unpaired) electrons. The monoisotopic (exact) mass is 788 g/mol. The molecule has 0 spiro atoms. The van der Waals surface area contributed by atoms with Gasteiger partial charge in [0, 0.05) is 39.0 Å². The molecule has 1 aromatic rings. The summed E-state index contributed by atoms with van der Waals surface area (Å²) >= 11 is 0. The zero-order valence-electron chi connectivity index (χ0n) is 32.4. The van der Waals surface area contributed by atoms with Crippen LogP contribution >= 0.6 is 0 Å². The molecular weight excluding hydrogens is 733 g/mol. The van der Waals surface area contributed by atoms with E-state index in [1.165, 1.54) is 19.1 Å². The van der Waals surface area contributed by atoms with E-state index in [-0.39, 0.29) is 51.4 Å². The van der Waals surface area contributed by atoms with E-state index in [0.717, 1.165) is 37.8 Å². The predicted octanol–water partition coefficient (Wildman–Crippen LogP) is 9.31. The molecule has 2 rings (SSSR count). The largest absolute Gasteiger partial charge is 0.511 e. The van der Waals surface area contributed by atoms with Gasteiger partial charge in [0.05, 0.1) is 17.6 Å². The number of rotatable bonds is 25. The highest BCUT2D eigenvalue weighted by molar-refractivity contribution is 5.70. The molecule has 308 valence electrons. The normalized spacial score (nSPS) is 16.1. The van der Waals surface area contributed by atoms with Crippen molar-refractivity contribution < 1.29 is 60.8 Å². The molecule has 0 aliphatic heterocycles. The second-order valence-electron chi connectivity index (χ2n) is 14.0. The van der Waals surface area contributed by atoms with E-state index >= 15 is 0 Å². The maximum absolute atomic E-state index is 12.9. The van der Waals surface area contributed by atoms with Crippen molar-refractivity contribution in [3.05, 3.63) is 54.1 Å². The third-order valence-electron chi connectivity index (χ3n) is 8.84. The van der Waals surface area contributed by atoms with E-state index < -0.39 is 47.5 Å². The first kappa shape index (κ1) is 47.2. The lowest BCUT2D eigenvalue weighted by atomic mass is 9.92. The Hall–Kier alpha value is -4.91. The number of hydrogen-bond acceptors (Lipinski definition) is 10. The van der Waals surface area contributed by atoms with Crippen LogP contribution in [-0.4, -0.2) is 56.8 Å². The molecule has 13 heteroatoms. The van der Waals surface area contributed by atoms with Gasteiger partial charge in [-0.3, -0.25) is 14.4 Å². The molecule has 3 atom stereocenters. The lowest BCUT2D eigenvalue weighted by Crippen LogP contribution is -2.37. The number of benzene rings is 1. The minimum atomic E-state index is -4.41. The Bertz CT molecular complexity index is 1480. The zero-order chi connectivity index (χ0) is 41.2. The van der Waals surface area contributed by atoms with Crippen LogP contribution in [0.4, 0.5) is 18.0 Å². The number of unbranched alkanes of at least 4 members (excludes halogenated alkanes) is 3. The number of esters is 3. The van der Waals surface area contributed by atoms with Crippen LogP contribution in [0.25, 0.3) is 0 Å². The molecule has 1 aliphatic carbocycles. The van der Waals surface area contributed by atoms with Gasteiger partial charge in [0.15, 0.2) is 0 Å². The lowest BCUT2D eigenvalue weighted by molar-refractivity contribution is -0.169. The topological polar surface area (TPSA) is 124 Å². The van der Waals surface area contributed by atoms with Gasteiger partial charge in [0.25, 0.3) is 0 Å². The summed E-state index contributed by atoms with van der Waals surface area (Å²) in [5.41, 5.74) is -1.83. The van der Waals surface area contributed by atoms with Crippen LogP contribution in [-0.2, 0) is 44.2 Å². The van der Waals surface area contributed by atoms with Crippen molar-refractivity contribution in [3.8, 4) is 30.4 Å². The fraction of sp³-hybridized carbons (Fsp3) is 0.581. The van der Waals surface area contributed by atoms with Crippen molar-refractivity contribution in [2.24, 2.45) is 17.3 Å². The SMILES string of the molecule is C#CCCCC(=O)OCC(C)(COC(=O)CCCC#C)COC(=O)OC(C)OC(=O)CCC/C=C\C[C@H]1CCC[C@@H]1/C=C/CCOc1cccc(C(F)(F)F)c1. The van der Waals surface area contributed by atoms with Crippen molar-refractivity contribution in [2.75, 3.05) is 26.4 Å². The van der Waals surface area contributed by atoms with Gasteiger partial charge in [-0.25, -0.2) is 4.79 Å². The molecule has 0 saturated heterocycles. The van der Waals surface area contributed by atoms with Gasteiger partial charge in [-0.2, -0.15) is 13.2 Å². The molecule has 1 fully saturated rings. The standard InChI is InChI=1S/C43H55F3O10/c1-5-7-11-25-38(47)52-30-42(4,31-53-39(48)26-12-8-6-2)32-54-41(50)56-33(3)55-40(49)27-14-10-9-13-19-34-21-17-22-35(34)20-15-16-28-51-37-24-18-23-36(29-37)43(44,45)46/h1-2,9,13,15,18,20,23-24,29,33-35H,7-8,10-12,14,16-17,19,21-22,25-28,30-32H2,3-4H3/b13-9-,20-15+/t33?,34-,35-/m0/s1. The van der Waals surface area contributed by atoms with Gasteiger partial charge in [0.2, 0.25) is 6.29 Å². The van der Waals surface area contributed by atoms with Gasteiger partial charge < -0.3 is 28.4 Å². The fourth-order valence-corrected chi connectivity index (χ4v) is 5.76. The van der Waals surface area contributed by atoms with E-state index in [1.54, 1.807) is 6.92 Å². The van der Waals surface area contributed by atoms with E-state index in [4.69, 9.17) is 41.3 Å². The number of carbonyl (C=O) groups excluding carboxylic acids is 4. The van der Waals surface area contributed by atoms with Crippen LogP contribution in [0.15, 0.2) is 48.6 Å². The molecule has 0 bridgehead atoms. The minimum Gasteiger partial charge on any atom is -0.493 e. The van der Waals surface area contributed by atoms with E-state index in [2.05, 4.69) is 24.0 Å². The summed E-state index contributed by atoms with van der Waals surface area (Å²) in [5.74, 6) is 4.45. The maximum Gasteiger partial charge on any atom is 0.511 e. The second-order valence-corrected chi connectivity index (χ2v) is 14.0. The smallest absolute Gasteiger partial charge is 0.493 e. The Morgan fingerprint density at radius 3 is 2.12 bits per heavy atom. The number of halogens is 3.